The summed E-state index contributed by atoms with van der Waals surface area (Å²) in [5, 5.41) is 29.4. The van der Waals surface area contributed by atoms with E-state index in [4.69, 9.17) is 27.5 Å². The molecule has 0 atom stereocenters. The number of nitro groups is 1. The molecule has 0 bridgehead atoms. The van der Waals surface area contributed by atoms with Gasteiger partial charge in [0.1, 0.15) is 0 Å². The van der Waals surface area contributed by atoms with Gasteiger partial charge < -0.3 is 15.9 Å². The zero-order valence-corrected chi connectivity index (χ0v) is 12.6. The van der Waals surface area contributed by atoms with E-state index in [1.165, 1.54) is 18.2 Å². The van der Waals surface area contributed by atoms with E-state index in [0.29, 0.717) is 16.1 Å². The van der Waals surface area contributed by atoms with E-state index in [-0.39, 0.29) is 23.6 Å². The van der Waals surface area contributed by atoms with Crippen molar-refractivity contribution in [2.75, 3.05) is 12.3 Å². The zero-order chi connectivity index (χ0) is 17.0. The van der Waals surface area contributed by atoms with Gasteiger partial charge in [0, 0.05) is 34.0 Å². The summed E-state index contributed by atoms with van der Waals surface area (Å²) in [5.74, 6) is 0. The summed E-state index contributed by atoms with van der Waals surface area (Å²) < 4.78 is 0. The number of aliphatic hydroxyl groups excluding tert-OH is 1. The van der Waals surface area contributed by atoms with Gasteiger partial charge in [0.25, 0.3) is 5.69 Å². The fraction of sp³-hybridized carbons (Fsp3) is 0.133. The Labute approximate surface area is 136 Å². The van der Waals surface area contributed by atoms with Crippen molar-refractivity contribution in [3.63, 3.8) is 0 Å². The Morgan fingerprint density at radius 3 is 2.57 bits per heavy atom. The van der Waals surface area contributed by atoms with Crippen LogP contribution in [-0.4, -0.2) is 33.7 Å². The van der Waals surface area contributed by atoms with Crippen LogP contribution in [0, 0.1) is 10.1 Å². The summed E-state index contributed by atoms with van der Waals surface area (Å²) in [5.41, 5.74) is 7.07. The first-order valence-electron chi connectivity index (χ1n) is 6.60. The van der Waals surface area contributed by atoms with Crippen LogP contribution in [0.1, 0.15) is 11.1 Å². The number of nitrogens with two attached hydrogens (primary N) is 1. The van der Waals surface area contributed by atoms with Gasteiger partial charge in [-0.2, -0.15) is 0 Å². The van der Waals surface area contributed by atoms with Crippen molar-refractivity contribution in [3.8, 4) is 0 Å². The molecule has 0 unspecified atom stereocenters. The number of aliphatic imine (C=N–C) groups is 1. The molecule has 8 heteroatoms. The first-order valence-corrected chi connectivity index (χ1v) is 6.97. The van der Waals surface area contributed by atoms with Crippen molar-refractivity contribution < 1.29 is 15.1 Å². The van der Waals surface area contributed by atoms with Crippen LogP contribution in [0.15, 0.2) is 47.5 Å². The number of aliphatic hydroxyl groups is 2. The number of nitrogen functional groups attached to an aromatic ring is 1. The SMILES string of the molecule is Nc1ccc([N+](=O)[O-])cc1C(=NCC(O)O)c1ccccc1Cl. The van der Waals surface area contributed by atoms with Crippen LogP contribution in [0.2, 0.25) is 5.02 Å². The van der Waals surface area contributed by atoms with Crippen molar-refractivity contribution in [2.45, 2.75) is 6.29 Å². The van der Waals surface area contributed by atoms with Crippen molar-refractivity contribution in [1.29, 1.82) is 0 Å². The fourth-order valence-electron chi connectivity index (χ4n) is 2.00. The van der Waals surface area contributed by atoms with Gasteiger partial charge in [-0.05, 0) is 12.1 Å². The molecule has 0 radical (unpaired) electrons. The maximum atomic E-state index is 11.0. The molecular formula is C15H14ClN3O4. The Balaban J connectivity index is 2.63. The second-order valence-corrected chi connectivity index (χ2v) is 5.09. The smallest absolute Gasteiger partial charge is 0.270 e. The largest absolute Gasteiger partial charge is 0.398 e. The van der Waals surface area contributed by atoms with Gasteiger partial charge in [0.05, 0.1) is 17.2 Å². The summed E-state index contributed by atoms with van der Waals surface area (Å²) >= 11 is 6.16. The van der Waals surface area contributed by atoms with E-state index in [1.54, 1.807) is 24.3 Å². The van der Waals surface area contributed by atoms with Crippen molar-refractivity contribution in [3.05, 3.63) is 68.7 Å². The number of benzene rings is 2. The molecule has 0 heterocycles. The number of nitro benzene ring substituents is 1. The highest BCUT2D eigenvalue weighted by Gasteiger charge is 2.17. The third-order valence-electron chi connectivity index (χ3n) is 3.04. The van der Waals surface area contributed by atoms with Gasteiger partial charge in [0.15, 0.2) is 6.29 Å². The Kier molecular flexibility index (Phi) is 5.28. The van der Waals surface area contributed by atoms with Crippen LogP contribution < -0.4 is 5.73 Å². The van der Waals surface area contributed by atoms with Gasteiger partial charge in [-0.3, -0.25) is 15.1 Å². The van der Waals surface area contributed by atoms with Gasteiger partial charge in [-0.1, -0.05) is 29.8 Å². The quantitative estimate of drug-likeness (QED) is 0.253. The number of anilines is 1. The van der Waals surface area contributed by atoms with Crippen LogP contribution in [0.25, 0.3) is 0 Å². The molecule has 0 aromatic heterocycles. The molecule has 2 rings (SSSR count). The van der Waals surface area contributed by atoms with E-state index >= 15 is 0 Å². The number of hydrogen-bond acceptors (Lipinski definition) is 6. The minimum atomic E-state index is -1.66. The van der Waals surface area contributed by atoms with Crippen molar-refractivity contribution in [2.24, 2.45) is 4.99 Å². The predicted octanol–water partition coefficient (Wildman–Crippen LogP) is 1.98. The Morgan fingerprint density at radius 1 is 1.26 bits per heavy atom. The molecule has 120 valence electrons. The molecule has 0 aliphatic carbocycles. The molecular weight excluding hydrogens is 322 g/mol. The Morgan fingerprint density at radius 2 is 1.96 bits per heavy atom. The Bertz CT molecular complexity index is 762. The molecule has 4 N–H and O–H groups in total. The van der Waals surface area contributed by atoms with Crippen molar-refractivity contribution in [1.82, 2.24) is 0 Å². The number of nitrogens with zero attached hydrogens (tertiary/aromatic N) is 2. The number of hydrogen-bond donors (Lipinski definition) is 3. The van der Waals surface area contributed by atoms with Crippen LogP contribution >= 0.6 is 11.6 Å². The van der Waals surface area contributed by atoms with Crippen LogP contribution in [0.5, 0.6) is 0 Å². The van der Waals surface area contributed by atoms with E-state index in [1.807, 2.05) is 0 Å². The third kappa shape index (κ3) is 4.04. The highest BCUT2D eigenvalue weighted by Crippen LogP contribution is 2.26. The highest BCUT2D eigenvalue weighted by atomic mass is 35.5. The summed E-state index contributed by atoms with van der Waals surface area (Å²) in [6, 6.07) is 10.7. The van der Waals surface area contributed by atoms with E-state index in [2.05, 4.69) is 4.99 Å². The molecule has 0 amide bonds. The standard InChI is InChI=1S/C15H14ClN3O4/c16-12-4-2-1-3-10(12)15(18-8-14(20)21)11-7-9(19(22)23)5-6-13(11)17/h1-7,14,20-21H,8,17H2. The number of rotatable bonds is 5. The topological polar surface area (TPSA) is 122 Å². The minimum Gasteiger partial charge on any atom is -0.398 e. The summed E-state index contributed by atoms with van der Waals surface area (Å²) in [6.45, 7) is -0.317. The molecule has 0 saturated carbocycles. The van der Waals surface area contributed by atoms with Crippen LogP contribution in [-0.2, 0) is 0 Å². The summed E-state index contributed by atoms with van der Waals surface area (Å²) in [7, 11) is 0. The normalized spacial score (nSPS) is 11.7. The van der Waals surface area contributed by atoms with E-state index in [9.17, 15) is 10.1 Å². The molecule has 23 heavy (non-hydrogen) atoms. The summed E-state index contributed by atoms with van der Waals surface area (Å²) in [6.07, 6.45) is -1.66. The van der Waals surface area contributed by atoms with Gasteiger partial charge in [-0.25, -0.2) is 0 Å². The lowest BCUT2D eigenvalue weighted by atomic mass is 10.00. The van der Waals surface area contributed by atoms with Crippen molar-refractivity contribution >= 4 is 28.7 Å². The Hall–Kier alpha value is -2.48. The molecule has 0 spiro atoms. The summed E-state index contributed by atoms with van der Waals surface area (Å²) in [4.78, 5) is 14.5. The van der Waals surface area contributed by atoms with E-state index < -0.39 is 11.2 Å². The van der Waals surface area contributed by atoms with Gasteiger partial charge in [0.2, 0.25) is 0 Å². The lowest BCUT2D eigenvalue weighted by molar-refractivity contribution is -0.384. The second kappa shape index (κ2) is 7.19. The number of non-ortho nitro benzene ring substituents is 1. The monoisotopic (exact) mass is 335 g/mol. The maximum absolute atomic E-state index is 11.0. The molecule has 0 aliphatic heterocycles. The third-order valence-corrected chi connectivity index (χ3v) is 3.37. The average molecular weight is 336 g/mol. The molecule has 0 fully saturated rings. The zero-order valence-electron chi connectivity index (χ0n) is 11.9. The lowest BCUT2D eigenvalue weighted by Crippen LogP contribution is -2.14. The maximum Gasteiger partial charge on any atom is 0.270 e. The molecule has 2 aromatic rings. The lowest BCUT2D eigenvalue weighted by Gasteiger charge is -2.12. The fourth-order valence-corrected chi connectivity index (χ4v) is 2.23. The molecule has 7 nitrogen and oxygen atoms in total. The second-order valence-electron chi connectivity index (χ2n) is 4.68. The van der Waals surface area contributed by atoms with Gasteiger partial charge in [-0.15, -0.1) is 0 Å². The number of halogens is 1. The first-order chi connectivity index (χ1) is 10.9. The van der Waals surface area contributed by atoms with Crippen LogP contribution in [0.3, 0.4) is 0 Å². The highest BCUT2D eigenvalue weighted by molar-refractivity contribution is 6.35. The molecule has 0 aliphatic rings. The molecule has 2 aromatic carbocycles. The minimum absolute atomic E-state index is 0.154. The van der Waals surface area contributed by atoms with Crippen LogP contribution in [0.4, 0.5) is 11.4 Å². The van der Waals surface area contributed by atoms with E-state index in [0.717, 1.165) is 0 Å². The molecule has 0 saturated heterocycles. The first kappa shape index (κ1) is 16.9. The average Bonchev–Trinajstić information content (AvgIpc) is 2.50. The predicted molar refractivity (Wildman–Crippen MR) is 87.7 cm³/mol. The van der Waals surface area contributed by atoms with Gasteiger partial charge >= 0.3 is 0 Å².